The van der Waals surface area contributed by atoms with Crippen molar-refractivity contribution < 1.29 is 12.8 Å². The molecule has 0 aliphatic carbocycles. The van der Waals surface area contributed by atoms with E-state index in [2.05, 4.69) is 15.5 Å². The zero-order chi connectivity index (χ0) is 18.6. The van der Waals surface area contributed by atoms with Crippen LogP contribution in [0.5, 0.6) is 0 Å². The number of hydrogen-bond donors (Lipinski definition) is 2. The molecule has 0 aromatic heterocycles. The van der Waals surface area contributed by atoms with Crippen molar-refractivity contribution in [1.82, 2.24) is 5.32 Å². The molecular weight excluding hydrogens is 353 g/mol. The minimum atomic E-state index is -3.72. The van der Waals surface area contributed by atoms with Crippen LogP contribution in [0, 0.1) is 5.82 Å². The van der Waals surface area contributed by atoms with Gasteiger partial charge in [0.1, 0.15) is 5.82 Å². The van der Waals surface area contributed by atoms with Gasteiger partial charge in [0.25, 0.3) is 0 Å². The van der Waals surface area contributed by atoms with E-state index in [1.807, 2.05) is 19.1 Å². The molecule has 0 spiro atoms. The highest BCUT2D eigenvalue weighted by atomic mass is 32.2. The molecule has 1 aliphatic heterocycles. The molecule has 0 radical (unpaired) electrons. The molecule has 3 rings (SSSR count). The lowest BCUT2D eigenvalue weighted by Crippen LogP contribution is -2.28. The largest absolute Gasteiger partial charge is 0.384 e. The van der Waals surface area contributed by atoms with Crippen LogP contribution >= 0.6 is 0 Å². The van der Waals surface area contributed by atoms with Crippen molar-refractivity contribution in [3.63, 3.8) is 0 Å². The molecule has 1 saturated heterocycles. The summed E-state index contributed by atoms with van der Waals surface area (Å²) >= 11 is 0. The van der Waals surface area contributed by atoms with E-state index >= 15 is 0 Å². The zero-order valence-electron chi connectivity index (χ0n) is 14.8. The Morgan fingerprint density at radius 1 is 1.12 bits per heavy atom. The van der Waals surface area contributed by atoms with Gasteiger partial charge in [0.15, 0.2) is 0 Å². The molecule has 2 aromatic rings. The molecule has 1 fully saturated rings. The number of benzene rings is 2. The Labute approximate surface area is 154 Å². The van der Waals surface area contributed by atoms with Gasteiger partial charge < -0.3 is 15.5 Å². The Kier molecular flexibility index (Phi) is 5.78. The van der Waals surface area contributed by atoms with E-state index in [9.17, 15) is 12.8 Å². The summed E-state index contributed by atoms with van der Waals surface area (Å²) in [6.45, 7) is 6.26. The van der Waals surface area contributed by atoms with Crippen LogP contribution in [0.3, 0.4) is 0 Å². The summed E-state index contributed by atoms with van der Waals surface area (Å²) in [7, 11) is -3.72. The van der Waals surface area contributed by atoms with Gasteiger partial charge in [0.05, 0.1) is 15.5 Å². The molecule has 0 unspecified atom stereocenters. The first kappa shape index (κ1) is 18.7. The third kappa shape index (κ3) is 3.99. The van der Waals surface area contributed by atoms with Crippen LogP contribution in [-0.4, -0.2) is 41.1 Å². The quantitative estimate of drug-likeness (QED) is 0.785. The molecule has 2 aromatic carbocycles. The van der Waals surface area contributed by atoms with E-state index < -0.39 is 15.7 Å². The van der Waals surface area contributed by atoms with Crippen LogP contribution in [0.2, 0.25) is 0 Å². The third-order valence-electron chi connectivity index (χ3n) is 4.45. The van der Waals surface area contributed by atoms with Gasteiger partial charge in [-0.05, 0) is 62.4 Å². The Morgan fingerprint density at radius 2 is 1.88 bits per heavy atom. The number of hydrogen-bond acceptors (Lipinski definition) is 5. The van der Waals surface area contributed by atoms with Crippen LogP contribution in [0.4, 0.5) is 15.8 Å². The van der Waals surface area contributed by atoms with Gasteiger partial charge in [-0.1, -0.05) is 0 Å². The minimum absolute atomic E-state index is 0.0878. The normalized spacial score (nSPS) is 15.5. The van der Waals surface area contributed by atoms with Gasteiger partial charge in [-0.3, -0.25) is 0 Å². The summed E-state index contributed by atoms with van der Waals surface area (Å²) in [6, 6.07) is 10.3. The second-order valence-corrected chi connectivity index (χ2v) is 8.18. The first-order valence-electron chi connectivity index (χ1n) is 8.86. The summed E-state index contributed by atoms with van der Waals surface area (Å²) < 4.78 is 39.1. The molecule has 0 atom stereocenters. The number of halogens is 1. The van der Waals surface area contributed by atoms with Crippen molar-refractivity contribution in [2.24, 2.45) is 0 Å². The predicted octanol–water partition coefficient (Wildman–Crippen LogP) is 2.89. The lowest BCUT2D eigenvalue weighted by molar-refractivity contribution is 0.595. The second-order valence-electron chi connectivity index (χ2n) is 6.26. The van der Waals surface area contributed by atoms with Crippen molar-refractivity contribution in [3.8, 4) is 0 Å². The highest BCUT2D eigenvalue weighted by molar-refractivity contribution is 7.91. The number of anilines is 2. The summed E-state index contributed by atoms with van der Waals surface area (Å²) in [6.07, 6.45) is 1.05. The monoisotopic (exact) mass is 377 g/mol. The smallest absolute Gasteiger partial charge is 0.208 e. The topological polar surface area (TPSA) is 61.4 Å². The van der Waals surface area contributed by atoms with Crippen LogP contribution < -0.4 is 15.5 Å². The van der Waals surface area contributed by atoms with Crippen LogP contribution in [0.1, 0.15) is 13.3 Å². The molecule has 7 heteroatoms. The molecule has 0 saturated carbocycles. The van der Waals surface area contributed by atoms with Gasteiger partial charge in [-0.15, -0.1) is 0 Å². The number of sulfone groups is 1. The SMILES string of the molecule is CCNc1cc(N2CCCNCC2)ccc1S(=O)(=O)c1ccc(F)cc1. The van der Waals surface area contributed by atoms with Crippen molar-refractivity contribution in [1.29, 1.82) is 0 Å². The fourth-order valence-corrected chi connectivity index (χ4v) is 4.54. The summed E-state index contributed by atoms with van der Waals surface area (Å²) in [5, 5.41) is 6.53. The predicted molar refractivity (Wildman–Crippen MR) is 102 cm³/mol. The molecule has 2 N–H and O–H groups in total. The van der Waals surface area contributed by atoms with E-state index in [0.717, 1.165) is 38.3 Å². The first-order valence-corrected chi connectivity index (χ1v) is 10.3. The minimum Gasteiger partial charge on any atom is -0.384 e. The molecular formula is C19H24FN3O2S. The van der Waals surface area contributed by atoms with Crippen molar-refractivity contribution >= 4 is 21.2 Å². The maximum Gasteiger partial charge on any atom is 0.208 e. The van der Waals surface area contributed by atoms with Gasteiger partial charge in [0.2, 0.25) is 9.84 Å². The molecule has 0 amide bonds. The van der Waals surface area contributed by atoms with Crippen molar-refractivity contribution in [3.05, 3.63) is 48.3 Å². The fourth-order valence-electron chi connectivity index (χ4n) is 3.12. The van der Waals surface area contributed by atoms with Gasteiger partial charge >= 0.3 is 0 Å². The molecule has 26 heavy (non-hydrogen) atoms. The third-order valence-corrected chi connectivity index (χ3v) is 6.28. The second kappa shape index (κ2) is 8.05. The van der Waals surface area contributed by atoms with Crippen molar-refractivity contribution in [2.45, 2.75) is 23.1 Å². The maximum absolute atomic E-state index is 13.2. The fraction of sp³-hybridized carbons (Fsp3) is 0.368. The summed E-state index contributed by atoms with van der Waals surface area (Å²) in [4.78, 5) is 2.56. The van der Waals surface area contributed by atoms with Crippen molar-refractivity contribution in [2.75, 3.05) is 42.9 Å². The van der Waals surface area contributed by atoms with Crippen LogP contribution in [0.15, 0.2) is 52.3 Å². The average molecular weight is 377 g/mol. The van der Waals surface area contributed by atoms with Gasteiger partial charge in [-0.2, -0.15) is 0 Å². The first-order chi connectivity index (χ1) is 12.5. The lowest BCUT2D eigenvalue weighted by atomic mass is 10.2. The van der Waals surface area contributed by atoms with E-state index in [-0.39, 0.29) is 9.79 Å². The van der Waals surface area contributed by atoms with Gasteiger partial charge in [0, 0.05) is 31.9 Å². The summed E-state index contributed by atoms with van der Waals surface area (Å²) in [5.74, 6) is -0.457. The van der Waals surface area contributed by atoms with Gasteiger partial charge in [-0.25, -0.2) is 12.8 Å². The highest BCUT2D eigenvalue weighted by Crippen LogP contribution is 2.31. The molecule has 140 valence electrons. The number of nitrogens with zero attached hydrogens (tertiary/aromatic N) is 1. The van der Waals surface area contributed by atoms with E-state index in [4.69, 9.17) is 0 Å². The Morgan fingerprint density at radius 3 is 2.62 bits per heavy atom. The molecule has 0 bridgehead atoms. The number of rotatable bonds is 5. The molecule has 5 nitrogen and oxygen atoms in total. The lowest BCUT2D eigenvalue weighted by Gasteiger charge is -2.24. The molecule has 1 heterocycles. The standard InChI is InChI=1S/C19H24FN3O2S/c1-2-22-18-14-16(23-12-3-10-21-11-13-23)6-9-19(18)26(24,25)17-7-4-15(20)5-8-17/h4-9,14,21-22H,2-3,10-13H2,1H3. The Bertz CT molecular complexity index is 846. The maximum atomic E-state index is 13.2. The molecule has 1 aliphatic rings. The zero-order valence-corrected chi connectivity index (χ0v) is 15.7. The Hall–Kier alpha value is -2.12. The van der Waals surface area contributed by atoms with E-state index in [0.29, 0.717) is 12.2 Å². The Balaban J connectivity index is 1.99. The van der Waals surface area contributed by atoms with Crippen LogP contribution in [-0.2, 0) is 9.84 Å². The van der Waals surface area contributed by atoms with E-state index in [1.165, 1.54) is 24.3 Å². The van der Waals surface area contributed by atoms with Crippen LogP contribution in [0.25, 0.3) is 0 Å². The highest BCUT2D eigenvalue weighted by Gasteiger charge is 2.22. The summed E-state index contributed by atoms with van der Waals surface area (Å²) in [5.41, 5.74) is 1.58. The average Bonchev–Trinajstić information content (AvgIpc) is 2.91. The van der Waals surface area contributed by atoms with E-state index in [1.54, 1.807) is 6.07 Å². The number of nitrogens with one attached hydrogen (secondary N) is 2.